The lowest BCUT2D eigenvalue weighted by Crippen LogP contribution is -2.25. The number of hydrogen-bond acceptors (Lipinski definition) is 3. The van der Waals surface area contributed by atoms with Gasteiger partial charge in [0, 0.05) is 33.9 Å². The molecule has 1 heterocycles. The van der Waals surface area contributed by atoms with Crippen molar-refractivity contribution in [3.05, 3.63) is 28.8 Å². The van der Waals surface area contributed by atoms with Gasteiger partial charge in [-0.15, -0.1) is 0 Å². The van der Waals surface area contributed by atoms with Crippen LogP contribution < -0.4 is 10.1 Å². The number of rotatable bonds is 5. The van der Waals surface area contributed by atoms with Crippen molar-refractivity contribution in [2.75, 3.05) is 19.4 Å². The molecule has 0 aromatic heterocycles. The van der Waals surface area contributed by atoms with Gasteiger partial charge in [0.2, 0.25) is 0 Å². The van der Waals surface area contributed by atoms with E-state index in [1.807, 2.05) is 0 Å². The van der Waals surface area contributed by atoms with Crippen molar-refractivity contribution in [3.8, 4) is 5.75 Å². The van der Waals surface area contributed by atoms with E-state index in [0.717, 1.165) is 38.2 Å². The van der Waals surface area contributed by atoms with E-state index in [4.69, 9.17) is 4.74 Å². The van der Waals surface area contributed by atoms with Crippen LogP contribution in [-0.4, -0.2) is 28.9 Å². The Morgan fingerprint density at radius 3 is 2.81 bits per heavy atom. The Kier molecular flexibility index (Phi) is 5.82. The van der Waals surface area contributed by atoms with E-state index in [-0.39, 0.29) is 5.25 Å². The minimum Gasteiger partial charge on any atom is -0.493 e. The standard InChI is InChI=1S/C17H27NO2S/c1-12-10-15-16(18-8-7-14(3)21(4)19)6-5-9-20-17(15)11-13(12)2/h10-11,14,16,18H,5-9H2,1-4H3. The molecule has 1 aromatic carbocycles. The van der Waals surface area contributed by atoms with Crippen molar-refractivity contribution in [2.45, 2.75) is 51.3 Å². The first-order valence-electron chi connectivity index (χ1n) is 7.78. The fourth-order valence-electron chi connectivity index (χ4n) is 2.67. The largest absolute Gasteiger partial charge is 0.493 e. The summed E-state index contributed by atoms with van der Waals surface area (Å²) in [5.74, 6) is 1.03. The molecule has 0 saturated heterocycles. The summed E-state index contributed by atoms with van der Waals surface area (Å²) in [6.45, 7) is 8.03. The van der Waals surface area contributed by atoms with Crippen LogP contribution >= 0.6 is 0 Å². The molecule has 1 aliphatic heterocycles. The molecule has 3 nitrogen and oxygen atoms in total. The van der Waals surface area contributed by atoms with Gasteiger partial charge in [-0.05, 0) is 56.8 Å². The summed E-state index contributed by atoms with van der Waals surface area (Å²) in [4.78, 5) is 0. The zero-order valence-electron chi connectivity index (χ0n) is 13.6. The van der Waals surface area contributed by atoms with Crippen molar-refractivity contribution in [3.63, 3.8) is 0 Å². The monoisotopic (exact) mass is 309 g/mol. The van der Waals surface area contributed by atoms with E-state index in [9.17, 15) is 4.21 Å². The van der Waals surface area contributed by atoms with E-state index in [0.29, 0.717) is 6.04 Å². The molecule has 0 saturated carbocycles. The predicted octanol–water partition coefficient (Wildman–Crippen LogP) is 3.26. The zero-order valence-corrected chi connectivity index (χ0v) is 14.4. The number of nitrogens with one attached hydrogen (secondary N) is 1. The lowest BCUT2D eigenvalue weighted by Gasteiger charge is -2.20. The van der Waals surface area contributed by atoms with E-state index in [1.165, 1.54) is 16.7 Å². The van der Waals surface area contributed by atoms with Crippen LogP contribution in [-0.2, 0) is 10.8 Å². The van der Waals surface area contributed by atoms with Crippen LogP contribution in [0.4, 0.5) is 0 Å². The van der Waals surface area contributed by atoms with Crippen LogP contribution in [0.15, 0.2) is 12.1 Å². The molecule has 1 aromatic rings. The molecule has 1 N–H and O–H groups in total. The van der Waals surface area contributed by atoms with Crippen molar-refractivity contribution >= 4 is 10.8 Å². The van der Waals surface area contributed by atoms with Gasteiger partial charge in [0.25, 0.3) is 0 Å². The Hall–Kier alpha value is -0.870. The minimum absolute atomic E-state index is 0.249. The molecule has 118 valence electrons. The van der Waals surface area contributed by atoms with Gasteiger partial charge in [-0.3, -0.25) is 4.21 Å². The second-order valence-corrected chi connectivity index (χ2v) is 7.87. The van der Waals surface area contributed by atoms with Crippen LogP contribution in [0.3, 0.4) is 0 Å². The van der Waals surface area contributed by atoms with Crippen molar-refractivity contribution in [1.29, 1.82) is 0 Å². The maximum Gasteiger partial charge on any atom is 0.124 e. The number of fused-ring (bicyclic) bond motifs is 1. The van der Waals surface area contributed by atoms with Gasteiger partial charge in [0.1, 0.15) is 5.75 Å². The SMILES string of the molecule is Cc1cc2c(cc1C)C(NCCC(C)S(C)=O)CCCO2. The Labute approximate surface area is 130 Å². The van der Waals surface area contributed by atoms with Gasteiger partial charge in [-0.2, -0.15) is 0 Å². The highest BCUT2D eigenvalue weighted by atomic mass is 32.2. The second kappa shape index (κ2) is 7.41. The first kappa shape index (κ1) is 16.5. The van der Waals surface area contributed by atoms with Gasteiger partial charge < -0.3 is 10.1 Å². The number of aryl methyl sites for hydroxylation is 2. The van der Waals surface area contributed by atoms with E-state index in [2.05, 4.69) is 38.2 Å². The summed E-state index contributed by atoms with van der Waals surface area (Å²) in [6, 6.07) is 4.77. The van der Waals surface area contributed by atoms with Crippen LogP contribution in [0.25, 0.3) is 0 Å². The summed E-state index contributed by atoms with van der Waals surface area (Å²) in [6.07, 6.45) is 4.89. The van der Waals surface area contributed by atoms with Gasteiger partial charge in [-0.1, -0.05) is 13.0 Å². The molecule has 0 amide bonds. The molecule has 3 atom stereocenters. The van der Waals surface area contributed by atoms with Crippen molar-refractivity contribution in [2.24, 2.45) is 0 Å². The summed E-state index contributed by atoms with van der Waals surface area (Å²) < 4.78 is 17.3. The lowest BCUT2D eigenvalue weighted by molar-refractivity contribution is 0.315. The van der Waals surface area contributed by atoms with Crippen molar-refractivity contribution in [1.82, 2.24) is 5.32 Å². The molecule has 2 rings (SSSR count). The van der Waals surface area contributed by atoms with Gasteiger partial charge in [0.15, 0.2) is 0 Å². The number of benzene rings is 1. The molecule has 0 radical (unpaired) electrons. The summed E-state index contributed by atoms with van der Waals surface area (Å²) in [5.41, 5.74) is 3.87. The summed E-state index contributed by atoms with van der Waals surface area (Å²) in [7, 11) is -0.737. The van der Waals surface area contributed by atoms with Gasteiger partial charge >= 0.3 is 0 Å². The summed E-state index contributed by atoms with van der Waals surface area (Å²) in [5, 5.41) is 3.88. The predicted molar refractivity (Wildman–Crippen MR) is 89.5 cm³/mol. The molecule has 1 aliphatic rings. The van der Waals surface area contributed by atoms with Gasteiger partial charge in [-0.25, -0.2) is 0 Å². The normalized spacial score (nSPS) is 21.0. The number of hydrogen-bond donors (Lipinski definition) is 1. The lowest BCUT2D eigenvalue weighted by atomic mass is 9.97. The molecule has 0 fully saturated rings. The maximum atomic E-state index is 11.4. The fourth-order valence-corrected chi connectivity index (χ4v) is 3.12. The molecule has 3 unspecified atom stereocenters. The highest BCUT2D eigenvalue weighted by Crippen LogP contribution is 2.33. The molecular formula is C17H27NO2S. The average molecular weight is 309 g/mol. The first-order chi connectivity index (χ1) is 9.99. The molecule has 0 bridgehead atoms. The minimum atomic E-state index is -0.737. The topological polar surface area (TPSA) is 38.3 Å². The molecule has 0 aliphatic carbocycles. The van der Waals surface area contributed by atoms with Crippen LogP contribution in [0.1, 0.15) is 48.9 Å². The van der Waals surface area contributed by atoms with E-state index < -0.39 is 10.8 Å². The van der Waals surface area contributed by atoms with Crippen LogP contribution in [0, 0.1) is 13.8 Å². The quantitative estimate of drug-likeness (QED) is 0.907. The Balaban J connectivity index is 2.07. The second-order valence-electron chi connectivity index (χ2n) is 6.07. The van der Waals surface area contributed by atoms with Crippen LogP contribution in [0.5, 0.6) is 5.75 Å². The third-order valence-corrected chi connectivity index (χ3v) is 5.77. The summed E-state index contributed by atoms with van der Waals surface area (Å²) >= 11 is 0. The number of ether oxygens (including phenoxy) is 1. The van der Waals surface area contributed by atoms with Crippen LogP contribution in [0.2, 0.25) is 0 Å². The average Bonchev–Trinajstić information content (AvgIpc) is 2.62. The first-order valence-corrected chi connectivity index (χ1v) is 9.40. The highest BCUT2D eigenvalue weighted by Gasteiger charge is 2.20. The Morgan fingerprint density at radius 1 is 1.38 bits per heavy atom. The Morgan fingerprint density at radius 2 is 2.10 bits per heavy atom. The molecular weight excluding hydrogens is 282 g/mol. The third-order valence-electron chi connectivity index (χ3n) is 4.40. The molecule has 4 heteroatoms. The third kappa shape index (κ3) is 4.30. The maximum absolute atomic E-state index is 11.4. The van der Waals surface area contributed by atoms with Crippen molar-refractivity contribution < 1.29 is 8.95 Å². The molecule has 21 heavy (non-hydrogen) atoms. The Bertz CT molecular complexity index is 516. The van der Waals surface area contributed by atoms with Gasteiger partial charge in [0.05, 0.1) is 6.61 Å². The molecule has 0 spiro atoms. The van der Waals surface area contributed by atoms with E-state index in [1.54, 1.807) is 6.26 Å². The highest BCUT2D eigenvalue weighted by molar-refractivity contribution is 7.84. The van der Waals surface area contributed by atoms with E-state index >= 15 is 0 Å². The smallest absolute Gasteiger partial charge is 0.124 e. The zero-order chi connectivity index (χ0) is 15.4. The fraction of sp³-hybridized carbons (Fsp3) is 0.647.